The number of aromatic nitrogens is 2. The minimum absolute atomic E-state index is 0.0697. The molecule has 0 saturated heterocycles. The monoisotopic (exact) mass is 181 g/mol. The first-order valence-corrected chi connectivity index (χ1v) is 3.83. The summed E-state index contributed by atoms with van der Waals surface area (Å²) in [5.41, 5.74) is 0.729. The average Bonchev–Trinajstić information content (AvgIpc) is 2.17. The van der Waals surface area contributed by atoms with Crippen LogP contribution in [0.1, 0.15) is 5.69 Å². The Morgan fingerprint density at radius 1 is 1.62 bits per heavy atom. The second-order valence-corrected chi connectivity index (χ2v) is 2.41. The number of hydrogen-bond acceptors (Lipinski definition) is 4. The summed E-state index contributed by atoms with van der Waals surface area (Å²) in [6.07, 6.45) is 4.77. The van der Waals surface area contributed by atoms with Gasteiger partial charge in [0.15, 0.2) is 0 Å². The Labute approximate surface area is 76.2 Å². The van der Waals surface area contributed by atoms with Gasteiger partial charge in [-0.1, -0.05) is 0 Å². The number of rotatable bonds is 4. The predicted molar refractivity (Wildman–Crippen MR) is 45.8 cm³/mol. The van der Waals surface area contributed by atoms with Crippen LogP contribution in [0.25, 0.3) is 0 Å². The van der Waals surface area contributed by atoms with E-state index in [2.05, 4.69) is 20.0 Å². The summed E-state index contributed by atoms with van der Waals surface area (Å²) in [6.45, 7) is 0.455. The predicted octanol–water partition coefficient (Wildman–Crippen LogP) is -0.261. The molecule has 0 unspecified atom stereocenters. The van der Waals surface area contributed by atoms with Crippen molar-refractivity contribution in [3.8, 4) is 0 Å². The van der Waals surface area contributed by atoms with Crippen molar-refractivity contribution < 1.29 is 9.53 Å². The van der Waals surface area contributed by atoms with E-state index in [0.29, 0.717) is 6.54 Å². The van der Waals surface area contributed by atoms with E-state index in [9.17, 15) is 4.79 Å². The number of amides is 1. The van der Waals surface area contributed by atoms with Crippen LogP contribution in [0.2, 0.25) is 0 Å². The van der Waals surface area contributed by atoms with Crippen molar-refractivity contribution in [1.82, 2.24) is 15.3 Å². The summed E-state index contributed by atoms with van der Waals surface area (Å²) in [5, 5.41) is 2.63. The van der Waals surface area contributed by atoms with Crippen LogP contribution in [-0.4, -0.2) is 29.6 Å². The molecule has 1 N–H and O–H groups in total. The second-order valence-electron chi connectivity index (χ2n) is 2.41. The molecule has 70 valence electrons. The minimum Gasteiger partial charge on any atom is -0.375 e. The minimum atomic E-state index is -0.159. The summed E-state index contributed by atoms with van der Waals surface area (Å²) in [5.74, 6) is -0.159. The van der Waals surface area contributed by atoms with Crippen molar-refractivity contribution in [2.75, 3.05) is 13.7 Å². The molecule has 0 aliphatic heterocycles. The molecular weight excluding hydrogens is 170 g/mol. The van der Waals surface area contributed by atoms with E-state index < -0.39 is 0 Å². The van der Waals surface area contributed by atoms with Gasteiger partial charge in [-0.05, 0) is 0 Å². The number of ether oxygens (including phenoxy) is 1. The zero-order chi connectivity index (χ0) is 9.52. The molecule has 0 radical (unpaired) electrons. The largest absolute Gasteiger partial charge is 0.375 e. The maximum atomic E-state index is 10.9. The first kappa shape index (κ1) is 9.60. The van der Waals surface area contributed by atoms with Crippen molar-refractivity contribution in [2.24, 2.45) is 0 Å². The van der Waals surface area contributed by atoms with Crippen LogP contribution in [0.5, 0.6) is 0 Å². The number of hydrogen-bond donors (Lipinski definition) is 1. The van der Waals surface area contributed by atoms with Gasteiger partial charge >= 0.3 is 0 Å². The first-order valence-electron chi connectivity index (χ1n) is 3.83. The zero-order valence-corrected chi connectivity index (χ0v) is 7.36. The van der Waals surface area contributed by atoms with E-state index in [1.54, 1.807) is 18.6 Å². The first-order chi connectivity index (χ1) is 6.33. The molecule has 0 fully saturated rings. The number of methoxy groups -OCH3 is 1. The Balaban J connectivity index is 2.31. The Hall–Kier alpha value is -1.49. The van der Waals surface area contributed by atoms with Crippen molar-refractivity contribution >= 4 is 5.91 Å². The van der Waals surface area contributed by atoms with Crippen molar-refractivity contribution in [2.45, 2.75) is 6.54 Å². The molecule has 0 atom stereocenters. The summed E-state index contributed by atoms with van der Waals surface area (Å²) in [7, 11) is 1.47. The Kier molecular flexibility index (Phi) is 3.84. The Morgan fingerprint density at radius 3 is 3.08 bits per heavy atom. The lowest BCUT2D eigenvalue weighted by Gasteiger charge is -2.02. The van der Waals surface area contributed by atoms with E-state index in [-0.39, 0.29) is 12.5 Å². The SMILES string of the molecule is COCC(=O)NCc1cnccn1. The molecule has 0 bridgehead atoms. The van der Waals surface area contributed by atoms with Crippen molar-refractivity contribution in [3.05, 3.63) is 24.3 Å². The molecule has 0 aromatic carbocycles. The smallest absolute Gasteiger partial charge is 0.246 e. The van der Waals surface area contributed by atoms with Crippen LogP contribution in [0, 0.1) is 0 Å². The number of carbonyl (C=O) groups is 1. The normalized spacial score (nSPS) is 9.62. The van der Waals surface area contributed by atoms with Gasteiger partial charge in [-0.25, -0.2) is 0 Å². The number of nitrogens with zero attached hydrogens (tertiary/aromatic N) is 2. The lowest BCUT2D eigenvalue weighted by Crippen LogP contribution is -2.26. The van der Waals surface area contributed by atoms with Gasteiger partial charge in [0.25, 0.3) is 0 Å². The van der Waals surface area contributed by atoms with Crippen LogP contribution in [-0.2, 0) is 16.1 Å². The fraction of sp³-hybridized carbons (Fsp3) is 0.375. The lowest BCUT2D eigenvalue weighted by atomic mass is 10.4. The molecule has 13 heavy (non-hydrogen) atoms. The highest BCUT2D eigenvalue weighted by atomic mass is 16.5. The third-order valence-electron chi connectivity index (χ3n) is 1.36. The van der Waals surface area contributed by atoms with E-state index >= 15 is 0 Å². The highest BCUT2D eigenvalue weighted by molar-refractivity contribution is 5.77. The molecule has 5 heteroatoms. The van der Waals surface area contributed by atoms with Gasteiger partial charge in [0.1, 0.15) is 6.61 Å². The summed E-state index contributed by atoms with van der Waals surface area (Å²) >= 11 is 0. The second kappa shape index (κ2) is 5.21. The van der Waals surface area contributed by atoms with Crippen LogP contribution >= 0.6 is 0 Å². The highest BCUT2D eigenvalue weighted by Crippen LogP contribution is 1.88. The maximum absolute atomic E-state index is 10.9. The Bertz CT molecular complexity index is 263. The maximum Gasteiger partial charge on any atom is 0.246 e. The van der Waals surface area contributed by atoms with E-state index in [1.807, 2.05) is 0 Å². The van der Waals surface area contributed by atoms with Crippen LogP contribution in [0.3, 0.4) is 0 Å². The summed E-state index contributed by atoms with van der Waals surface area (Å²) < 4.78 is 4.64. The van der Waals surface area contributed by atoms with Gasteiger partial charge in [0.05, 0.1) is 18.4 Å². The molecule has 1 heterocycles. The van der Waals surface area contributed by atoms with Gasteiger partial charge < -0.3 is 10.1 Å². The van der Waals surface area contributed by atoms with Crippen LogP contribution in [0.4, 0.5) is 0 Å². The molecule has 0 aliphatic carbocycles. The van der Waals surface area contributed by atoms with Gasteiger partial charge in [-0.2, -0.15) is 0 Å². The van der Waals surface area contributed by atoms with Gasteiger partial charge in [-0.15, -0.1) is 0 Å². The molecule has 1 aromatic heterocycles. The van der Waals surface area contributed by atoms with Crippen LogP contribution < -0.4 is 5.32 Å². The Morgan fingerprint density at radius 2 is 2.46 bits per heavy atom. The summed E-state index contributed by atoms with van der Waals surface area (Å²) in [6, 6.07) is 0. The molecule has 5 nitrogen and oxygen atoms in total. The van der Waals surface area contributed by atoms with Gasteiger partial charge in [-0.3, -0.25) is 14.8 Å². The zero-order valence-electron chi connectivity index (χ0n) is 7.36. The molecular formula is C8H11N3O2. The fourth-order valence-corrected chi connectivity index (χ4v) is 0.793. The van der Waals surface area contributed by atoms with Crippen LogP contribution in [0.15, 0.2) is 18.6 Å². The summed E-state index contributed by atoms with van der Waals surface area (Å²) in [4.78, 5) is 18.8. The van der Waals surface area contributed by atoms with Crippen molar-refractivity contribution in [1.29, 1.82) is 0 Å². The van der Waals surface area contributed by atoms with E-state index in [4.69, 9.17) is 0 Å². The molecule has 0 saturated carbocycles. The highest BCUT2D eigenvalue weighted by Gasteiger charge is 1.99. The topological polar surface area (TPSA) is 64.1 Å². The molecule has 1 rings (SSSR count). The lowest BCUT2D eigenvalue weighted by molar-refractivity contribution is -0.124. The third-order valence-corrected chi connectivity index (χ3v) is 1.36. The molecule has 1 amide bonds. The van der Waals surface area contributed by atoms with Gasteiger partial charge in [0.2, 0.25) is 5.91 Å². The number of nitrogens with one attached hydrogen (secondary N) is 1. The van der Waals surface area contributed by atoms with Gasteiger partial charge in [0, 0.05) is 19.5 Å². The van der Waals surface area contributed by atoms with E-state index in [0.717, 1.165) is 5.69 Å². The van der Waals surface area contributed by atoms with E-state index in [1.165, 1.54) is 7.11 Å². The fourth-order valence-electron chi connectivity index (χ4n) is 0.793. The molecule has 0 aliphatic rings. The number of carbonyl (C=O) groups excluding carboxylic acids is 1. The molecule has 0 spiro atoms. The average molecular weight is 181 g/mol. The standard InChI is InChI=1S/C8H11N3O2/c1-13-6-8(12)11-5-7-4-9-2-3-10-7/h2-4H,5-6H2,1H3,(H,11,12). The molecule has 1 aromatic rings. The third kappa shape index (κ3) is 3.62. The van der Waals surface area contributed by atoms with Crippen molar-refractivity contribution in [3.63, 3.8) is 0 Å². The quantitative estimate of drug-likeness (QED) is 0.695.